The van der Waals surface area contributed by atoms with Crippen molar-refractivity contribution in [2.75, 3.05) is 26.6 Å². The van der Waals surface area contributed by atoms with Gasteiger partial charge in [-0.1, -0.05) is 30.3 Å². The first-order valence-electron chi connectivity index (χ1n) is 12.5. The summed E-state index contributed by atoms with van der Waals surface area (Å²) < 4.78 is 24.0. The summed E-state index contributed by atoms with van der Waals surface area (Å²) in [5.74, 6) is 2.58. The van der Waals surface area contributed by atoms with Crippen molar-refractivity contribution in [2.45, 2.75) is 27.0 Å². The van der Waals surface area contributed by atoms with Crippen LogP contribution in [-0.2, 0) is 17.9 Å². The Kier molecular flexibility index (Phi) is 8.89. The fourth-order valence-corrected chi connectivity index (χ4v) is 4.21. The van der Waals surface area contributed by atoms with Crippen LogP contribution in [0.1, 0.15) is 28.1 Å². The van der Waals surface area contributed by atoms with E-state index in [1.165, 1.54) is 6.08 Å². The maximum absolute atomic E-state index is 12.8. The summed E-state index contributed by atoms with van der Waals surface area (Å²) >= 11 is 0. The van der Waals surface area contributed by atoms with E-state index >= 15 is 0 Å². The van der Waals surface area contributed by atoms with Gasteiger partial charge in [0.2, 0.25) is 5.91 Å². The standard InChI is InChI=1S/C31H33N3O5/c1-21-31(22(2)34(33-21)19-24-12-15-28(37-4)29(18-24)38-5)32-30(35)16-13-23-11-14-27(36-3)25(17-23)20-39-26-9-7-6-8-10-26/h6-18H,19-20H2,1-5H3,(H,32,35)/b16-13+. The lowest BCUT2D eigenvalue weighted by atomic mass is 10.1. The molecule has 202 valence electrons. The smallest absolute Gasteiger partial charge is 0.248 e. The van der Waals surface area contributed by atoms with Gasteiger partial charge in [-0.3, -0.25) is 9.48 Å². The summed E-state index contributed by atoms with van der Waals surface area (Å²) in [5.41, 5.74) is 5.02. The van der Waals surface area contributed by atoms with Crippen LogP contribution < -0.4 is 24.3 Å². The molecule has 8 heteroatoms. The number of hydrogen-bond donors (Lipinski definition) is 1. The average Bonchev–Trinajstić information content (AvgIpc) is 3.22. The monoisotopic (exact) mass is 527 g/mol. The van der Waals surface area contributed by atoms with Crippen molar-refractivity contribution >= 4 is 17.7 Å². The van der Waals surface area contributed by atoms with E-state index in [1.54, 1.807) is 27.4 Å². The summed E-state index contributed by atoms with van der Waals surface area (Å²) in [6.07, 6.45) is 3.27. The fourth-order valence-electron chi connectivity index (χ4n) is 4.21. The summed E-state index contributed by atoms with van der Waals surface area (Å²) in [6.45, 7) is 4.68. The van der Waals surface area contributed by atoms with Crippen molar-refractivity contribution in [2.24, 2.45) is 0 Å². The Morgan fingerprint density at radius 3 is 2.33 bits per heavy atom. The molecule has 0 fully saturated rings. The molecule has 1 aromatic heterocycles. The highest BCUT2D eigenvalue weighted by Gasteiger charge is 2.14. The van der Waals surface area contributed by atoms with Gasteiger partial charge < -0.3 is 24.3 Å². The molecule has 0 unspecified atom stereocenters. The van der Waals surface area contributed by atoms with Crippen molar-refractivity contribution < 1.29 is 23.7 Å². The fraction of sp³-hybridized carbons (Fsp3) is 0.226. The van der Waals surface area contributed by atoms with Gasteiger partial charge in [-0.15, -0.1) is 0 Å². The number of amides is 1. The van der Waals surface area contributed by atoms with Gasteiger partial charge in [0.1, 0.15) is 18.1 Å². The first-order valence-corrected chi connectivity index (χ1v) is 12.5. The predicted molar refractivity (Wildman–Crippen MR) is 152 cm³/mol. The van der Waals surface area contributed by atoms with Gasteiger partial charge in [-0.2, -0.15) is 5.10 Å². The number of nitrogens with one attached hydrogen (secondary N) is 1. The quantitative estimate of drug-likeness (QED) is 0.248. The van der Waals surface area contributed by atoms with E-state index in [1.807, 2.05) is 85.3 Å². The van der Waals surface area contributed by atoms with Gasteiger partial charge in [0, 0.05) is 11.6 Å². The first-order chi connectivity index (χ1) is 18.9. The van der Waals surface area contributed by atoms with E-state index in [4.69, 9.17) is 18.9 Å². The minimum atomic E-state index is -0.246. The maximum atomic E-state index is 12.8. The number of carbonyl (C=O) groups excluding carboxylic acids is 1. The number of hydrogen-bond acceptors (Lipinski definition) is 6. The SMILES string of the molecule is COc1ccc(/C=C/C(=O)Nc2c(C)nn(Cc3ccc(OC)c(OC)c3)c2C)cc1COc1ccccc1. The Hall–Kier alpha value is -4.72. The zero-order valence-corrected chi connectivity index (χ0v) is 22.9. The van der Waals surface area contributed by atoms with Crippen LogP contribution in [-0.4, -0.2) is 37.0 Å². The molecule has 1 heterocycles. The summed E-state index contributed by atoms with van der Waals surface area (Å²) in [6, 6.07) is 21.1. The van der Waals surface area contributed by atoms with E-state index in [9.17, 15) is 4.79 Å². The van der Waals surface area contributed by atoms with E-state index in [0.29, 0.717) is 30.3 Å². The number of ether oxygens (including phenoxy) is 4. The average molecular weight is 528 g/mol. The van der Waals surface area contributed by atoms with Gasteiger partial charge in [0.25, 0.3) is 0 Å². The molecular formula is C31H33N3O5. The largest absolute Gasteiger partial charge is 0.496 e. The predicted octanol–water partition coefficient (Wildman–Crippen LogP) is 5.80. The van der Waals surface area contributed by atoms with Crippen LogP contribution in [0.3, 0.4) is 0 Å². The third-order valence-electron chi connectivity index (χ3n) is 6.28. The highest BCUT2D eigenvalue weighted by atomic mass is 16.5. The Morgan fingerprint density at radius 2 is 1.62 bits per heavy atom. The molecule has 0 radical (unpaired) electrons. The highest BCUT2D eigenvalue weighted by molar-refractivity contribution is 6.02. The number of methoxy groups -OCH3 is 3. The number of benzene rings is 3. The van der Waals surface area contributed by atoms with Crippen LogP contribution in [0.2, 0.25) is 0 Å². The molecule has 4 rings (SSSR count). The number of para-hydroxylation sites is 1. The van der Waals surface area contributed by atoms with Crippen LogP contribution in [0.25, 0.3) is 6.08 Å². The third-order valence-corrected chi connectivity index (χ3v) is 6.28. The van der Waals surface area contributed by atoms with E-state index in [0.717, 1.165) is 39.6 Å². The Balaban J connectivity index is 1.44. The lowest BCUT2D eigenvalue weighted by Gasteiger charge is -2.11. The molecule has 39 heavy (non-hydrogen) atoms. The molecule has 0 aliphatic heterocycles. The number of aryl methyl sites for hydroxylation is 1. The Morgan fingerprint density at radius 1 is 0.897 bits per heavy atom. The van der Waals surface area contributed by atoms with Gasteiger partial charge in [-0.05, 0) is 67.4 Å². The number of aromatic nitrogens is 2. The molecule has 8 nitrogen and oxygen atoms in total. The van der Waals surface area contributed by atoms with Gasteiger partial charge in [0.05, 0.1) is 44.9 Å². The van der Waals surface area contributed by atoms with E-state index in [2.05, 4.69) is 10.4 Å². The minimum absolute atomic E-state index is 0.246. The maximum Gasteiger partial charge on any atom is 0.248 e. The number of anilines is 1. The molecule has 1 N–H and O–H groups in total. The topological polar surface area (TPSA) is 83.8 Å². The molecule has 1 amide bonds. The van der Waals surface area contributed by atoms with Crippen LogP contribution >= 0.6 is 0 Å². The van der Waals surface area contributed by atoms with Crippen molar-refractivity contribution in [1.29, 1.82) is 0 Å². The number of rotatable bonds is 11. The van der Waals surface area contributed by atoms with Crippen molar-refractivity contribution in [1.82, 2.24) is 9.78 Å². The molecule has 0 aliphatic carbocycles. The zero-order chi connectivity index (χ0) is 27.8. The van der Waals surface area contributed by atoms with Crippen LogP contribution in [0, 0.1) is 13.8 Å². The van der Waals surface area contributed by atoms with Crippen molar-refractivity contribution in [3.8, 4) is 23.0 Å². The van der Waals surface area contributed by atoms with Gasteiger partial charge in [-0.25, -0.2) is 0 Å². The third kappa shape index (κ3) is 6.78. The molecule has 0 bridgehead atoms. The second-order valence-corrected chi connectivity index (χ2v) is 8.89. The molecule has 0 saturated heterocycles. The van der Waals surface area contributed by atoms with Crippen LogP contribution in [0.5, 0.6) is 23.0 Å². The van der Waals surface area contributed by atoms with E-state index in [-0.39, 0.29) is 5.91 Å². The minimum Gasteiger partial charge on any atom is -0.496 e. The molecule has 0 saturated carbocycles. The van der Waals surface area contributed by atoms with Crippen LogP contribution in [0.15, 0.2) is 72.8 Å². The summed E-state index contributed by atoms with van der Waals surface area (Å²) in [4.78, 5) is 12.8. The lowest BCUT2D eigenvalue weighted by molar-refractivity contribution is -0.111. The second kappa shape index (κ2) is 12.7. The lowest BCUT2D eigenvalue weighted by Crippen LogP contribution is -2.10. The van der Waals surface area contributed by atoms with E-state index < -0.39 is 0 Å². The molecular weight excluding hydrogens is 494 g/mol. The zero-order valence-electron chi connectivity index (χ0n) is 22.9. The molecule has 4 aromatic rings. The Bertz CT molecular complexity index is 1460. The number of carbonyl (C=O) groups is 1. The normalized spacial score (nSPS) is 10.9. The summed E-state index contributed by atoms with van der Waals surface area (Å²) in [5, 5.41) is 7.61. The van der Waals surface area contributed by atoms with Crippen LogP contribution in [0.4, 0.5) is 5.69 Å². The van der Waals surface area contributed by atoms with Gasteiger partial charge >= 0.3 is 0 Å². The van der Waals surface area contributed by atoms with Crippen molar-refractivity contribution in [3.63, 3.8) is 0 Å². The molecule has 0 aliphatic rings. The first kappa shape index (κ1) is 27.3. The Labute approximate surface area is 228 Å². The van der Waals surface area contributed by atoms with Crippen molar-refractivity contribution in [3.05, 3.63) is 101 Å². The summed E-state index contributed by atoms with van der Waals surface area (Å²) in [7, 11) is 4.84. The second-order valence-electron chi connectivity index (χ2n) is 8.89. The molecule has 0 atom stereocenters. The highest BCUT2D eigenvalue weighted by Crippen LogP contribution is 2.29. The van der Waals surface area contributed by atoms with Gasteiger partial charge in [0.15, 0.2) is 11.5 Å². The number of nitrogens with zero attached hydrogens (tertiary/aromatic N) is 2. The molecule has 0 spiro atoms. The molecule has 3 aromatic carbocycles.